The Morgan fingerprint density at radius 2 is 2.50 bits per heavy atom. The predicted molar refractivity (Wildman–Crippen MR) is 19.3 cm³/mol. The first-order chi connectivity index (χ1) is 4.19. The van der Waals surface area contributed by atoms with Crippen LogP contribution in [0.25, 0.3) is 0 Å². The molecule has 0 aromatic carbocycles. The van der Waals surface area contributed by atoms with Crippen molar-refractivity contribution in [3.63, 3.8) is 0 Å². The minimum atomic E-state index is -3.35. The lowest BCUT2D eigenvalue weighted by Crippen LogP contribution is -1.96. The number of aliphatic hydroxyl groups is 1. The summed E-state index contributed by atoms with van der Waals surface area (Å²) < 4.78 is 25.6. The molecule has 3 heteroatoms. The van der Waals surface area contributed by atoms with Crippen LogP contribution in [-0.4, -0.2) is 22.7 Å². The first-order valence-corrected chi connectivity index (χ1v) is 1.15. The van der Waals surface area contributed by atoms with Gasteiger partial charge in [-0.05, 0) is 0 Å². The van der Waals surface area contributed by atoms with Gasteiger partial charge < -0.3 is 10.2 Å². The Morgan fingerprint density at radius 3 is 2.50 bits per heavy atom. The highest BCUT2D eigenvalue weighted by Crippen LogP contribution is 1.70. The van der Waals surface area contributed by atoms with Crippen LogP contribution in [0.1, 0.15) is 11.9 Å². The predicted octanol–water partition coefficient (Wildman–Crippen LogP) is -0.547. The van der Waals surface area contributed by atoms with E-state index >= 15 is 0 Å². The van der Waals surface area contributed by atoms with E-state index in [-0.39, 0.29) is 0 Å². The van der Waals surface area contributed by atoms with Crippen molar-refractivity contribution >= 4 is 5.97 Å². The van der Waals surface area contributed by atoms with Crippen LogP contribution >= 0.6 is 0 Å². The molecule has 3 nitrogen and oxygen atoms in total. The largest absolute Gasteiger partial charge is 0.481 e. The molecule has 0 atom stereocenters. The SMILES string of the molecule is [2H]C([2H])(O)C([2H])([2H])C(=O)O. The van der Waals surface area contributed by atoms with Crippen molar-refractivity contribution in [3.8, 4) is 0 Å². The van der Waals surface area contributed by atoms with Crippen molar-refractivity contribution in [2.24, 2.45) is 0 Å². The molecule has 0 aromatic rings. The molecule has 0 spiro atoms. The molecular weight excluding hydrogens is 84.0 g/mol. The van der Waals surface area contributed by atoms with Crippen LogP contribution in [-0.2, 0) is 4.79 Å². The van der Waals surface area contributed by atoms with Crippen molar-refractivity contribution in [1.29, 1.82) is 0 Å². The summed E-state index contributed by atoms with van der Waals surface area (Å²) in [5, 5.41) is 16.3. The monoisotopic (exact) mass is 94.1 g/mol. The summed E-state index contributed by atoms with van der Waals surface area (Å²) in [6.07, 6.45) is -3.26. The molecule has 6 heavy (non-hydrogen) atoms. The number of carboxylic acids is 1. The molecule has 0 fully saturated rings. The molecule has 0 unspecified atom stereocenters. The van der Waals surface area contributed by atoms with Crippen LogP contribution < -0.4 is 0 Å². The molecule has 36 valence electrons. The van der Waals surface area contributed by atoms with Gasteiger partial charge >= 0.3 is 5.97 Å². The average Bonchev–Trinajstić information content (AvgIpc) is 1.62. The Morgan fingerprint density at radius 1 is 2.00 bits per heavy atom. The highest BCUT2D eigenvalue weighted by atomic mass is 16.4. The Hall–Kier alpha value is -0.570. The van der Waals surface area contributed by atoms with Crippen LogP contribution in [0.15, 0.2) is 0 Å². The van der Waals surface area contributed by atoms with E-state index in [0.717, 1.165) is 0 Å². The number of carboxylic acid groups (broad SMARTS) is 1. The summed E-state index contributed by atoms with van der Waals surface area (Å²) in [4.78, 5) is 9.89. The van der Waals surface area contributed by atoms with Crippen LogP contribution in [0.3, 0.4) is 0 Å². The third kappa shape index (κ3) is 3.43. The Labute approximate surface area is 40.8 Å². The summed E-state index contributed by atoms with van der Waals surface area (Å²) in [6.45, 7) is -3.35. The molecule has 0 heterocycles. The van der Waals surface area contributed by atoms with Crippen molar-refractivity contribution in [2.75, 3.05) is 6.56 Å². The lowest BCUT2D eigenvalue weighted by Gasteiger charge is -1.79. The molecule has 0 aliphatic carbocycles. The Kier molecular flexibility index (Phi) is 0.664. The lowest BCUT2D eigenvalue weighted by atomic mass is 10.5. The van der Waals surface area contributed by atoms with E-state index in [1.165, 1.54) is 0 Å². The maximum absolute atomic E-state index is 9.89. The Bertz CT molecular complexity index is 148. The molecular formula is C3H6O3. The van der Waals surface area contributed by atoms with Gasteiger partial charge in [0.1, 0.15) is 0 Å². The fourth-order valence-electron chi connectivity index (χ4n) is 0.0478. The van der Waals surface area contributed by atoms with E-state index in [2.05, 4.69) is 0 Å². The molecule has 0 radical (unpaired) electrons. The molecule has 0 saturated carbocycles. The highest BCUT2D eigenvalue weighted by molar-refractivity contribution is 5.66. The van der Waals surface area contributed by atoms with Crippen LogP contribution in [0.5, 0.6) is 0 Å². The van der Waals surface area contributed by atoms with Gasteiger partial charge in [-0.3, -0.25) is 4.79 Å². The fourth-order valence-corrected chi connectivity index (χ4v) is 0.0478. The Balaban J connectivity index is 4.57. The molecule has 0 bridgehead atoms. The maximum atomic E-state index is 9.89. The molecule has 0 aliphatic heterocycles. The number of hydrogen-bond donors (Lipinski definition) is 2. The van der Waals surface area contributed by atoms with Crippen molar-refractivity contribution in [1.82, 2.24) is 0 Å². The number of carbonyl (C=O) groups is 1. The standard InChI is InChI=1S/C3H6O3/c4-2-1-3(5)6/h4H,1-2H2,(H,5,6)/i1D2,2D2. The zero-order chi connectivity index (χ0) is 8.58. The molecule has 0 aliphatic rings. The molecule has 0 aromatic heterocycles. The maximum Gasteiger partial charge on any atom is 0.305 e. The van der Waals surface area contributed by atoms with E-state index in [0.29, 0.717) is 0 Å². The van der Waals surface area contributed by atoms with Crippen molar-refractivity contribution in [2.45, 2.75) is 6.37 Å². The quantitative estimate of drug-likeness (QED) is 0.483. The van der Waals surface area contributed by atoms with E-state index in [9.17, 15) is 4.79 Å². The summed E-state index contributed by atoms with van der Waals surface area (Å²) in [5.74, 6) is -2.03. The zero-order valence-corrected chi connectivity index (χ0v) is 2.80. The first-order valence-electron chi connectivity index (χ1n) is 3.15. The average molecular weight is 94.1 g/mol. The van der Waals surface area contributed by atoms with Gasteiger partial charge in [-0.25, -0.2) is 0 Å². The van der Waals surface area contributed by atoms with Gasteiger partial charge in [0.05, 0.1) is 15.7 Å². The van der Waals surface area contributed by atoms with Crippen molar-refractivity contribution < 1.29 is 20.5 Å². The van der Waals surface area contributed by atoms with Crippen molar-refractivity contribution in [3.05, 3.63) is 0 Å². The fraction of sp³-hybridized carbons (Fsp3) is 0.667. The van der Waals surface area contributed by atoms with Gasteiger partial charge in [0.25, 0.3) is 0 Å². The third-order valence-electron chi connectivity index (χ3n) is 0.163. The number of aliphatic carboxylic acids is 1. The summed E-state index contributed by atoms with van der Waals surface area (Å²) >= 11 is 0. The zero-order valence-electron chi connectivity index (χ0n) is 6.80. The van der Waals surface area contributed by atoms with Gasteiger partial charge in [0.2, 0.25) is 0 Å². The van der Waals surface area contributed by atoms with E-state index in [4.69, 9.17) is 15.7 Å². The van der Waals surface area contributed by atoms with Crippen LogP contribution in [0.2, 0.25) is 0 Å². The van der Waals surface area contributed by atoms with E-state index in [1.807, 2.05) is 0 Å². The second-order valence-electron chi connectivity index (χ2n) is 0.542. The topological polar surface area (TPSA) is 57.5 Å². The summed E-state index contributed by atoms with van der Waals surface area (Å²) in [5.41, 5.74) is 0. The number of rotatable bonds is 2. The normalized spacial score (nSPS) is 22.8. The smallest absolute Gasteiger partial charge is 0.305 e. The van der Waals surface area contributed by atoms with Gasteiger partial charge in [-0.1, -0.05) is 0 Å². The summed E-state index contributed by atoms with van der Waals surface area (Å²) in [7, 11) is 0. The molecule has 0 amide bonds. The third-order valence-corrected chi connectivity index (χ3v) is 0.163. The lowest BCUT2D eigenvalue weighted by molar-refractivity contribution is -0.137. The molecule has 2 N–H and O–H groups in total. The minimum absolute atomic E-state index is 2.03. The van der Waals surface area contributed by atoms with Gasteiger partial charge in [-0.2, -0.15) is 0 Å². The minimum Gasteiger partial charge on any atom is -0.481 e. The van der Waals surface area contributed by atoms with Gasteiger partial charge in [-0.15, -0.1) is 0 Å². The highest BCUT2D eigenvalue weighted by Gasteiger charge is 1.88. The van der Waals surface area contributed by atoms with Gasteiger partial charge in [0, 0.05) is 2.74 Å². The van der Waals surface area contributed by atoms with E-state index in [1.54, 1.807) is 0 Å². The summed E-state index contributed by atoms with van der Waals surface area (Å²) in [6, 6.07) is 0. The van der Waals surface area contributed by atoms with Gasteiger partial charge in [0.15, 0.2) is 0 Å². The second-order valence-corrected chi connectivity index (χ2v) is 0.542. The first kappa shape index (κ1) is 1.50. The number of hydrogen-bond acceptors (Lipinski definition) is 2. The van der Waals surface area contributed by atoms with Crippen LogP contribution in [0.4, 0.5) is 0 Å². The second kappa shape index (κ2) is 2.66. The molecule has 0 rings (SSSR count). The van der Waals surface area contributed by atoms with Crippen LogP contribution in [0, 0.1) is 0 Å². The molecule has 0 saturated heterocycles. The van der Waals surface area contributed by atoms with E-state index < -0.39 is 18.9 Å².